The Morgan fingerprint density at radius 1 is 1.15 bits per heavy atom. The molecule has 2 aromatic rings. The Morgan fingerprint density at radius 3 is 2.50 bits per heavy atom. The van der Waals surface area contributed by atoms with Crippen molar-refractivity contribution >= 4 is 33.2 Å². The first-order valence-electron chi connectivity index (χ1n) is 5.39. The minimum absolute atomic E-state index is 0.134. The van der Waals surface area contributed by atoms with Crippen molar-refractivity contribution in [2.75, 3.05) is 11.1 Å². The van der Waals surface area contributed by atoms with Gasteiger partial charge in [0, 0.05) is 5.69 Å². The van der Waals surface area contributed by atoms with Gasteiger partial charge in [-0.2, -0.15) is 0 Å². The first-order chi connectivity index (χ1) is 9.38. The van der Waals surface area contributed by atoms with Crippen LogP contribution in [0.3, 0.4) is 0 Å². The van der Waals surface area contributed by atoms with E-state index in [4.69, 9.17) is 5.73 Å². The van der Waals surface area contributed by atoms with E-state index in [-0.39, 0.29) is 10.2 Å². The summed E-state index contributed by atoms with van der Waals surface area (Å²) in [4.78, 5) is 11.9. The Bertz CT molecular complexity index is 692. The van der Waals surface area contributed by atoms with Gasteiger partial charge in [-0.15, -0.1) is 0 Å². The molecule has 3 nitrogen and oxygen atoms in total. The molecule has 7 heteroatoms. The first-order valence-corrected chi connectivity index (χ1v) is 6.18. The summed E-state index contributed by atoms with van der Waals surface area (Å²) in [5, 5.41) is 2.32. The van der Waals surface area contributed by atoms with Crippen molar-refractivity contribution in [1.82, 2.24) is 0 Å². The minimum atomic E-state index is -1.01. The van der Waals surface area contributed by atoms with Crippen molar-refractivity contribution in [2.24, 2.45) is 0 Å². The van der Waals surface area contributed by atoms with Gasteiger partial charge in [-0.05, 0) is 46.3 Å². The van der Waals surface area contributed by atoms with Crippen LogP contribution in [0, 0.1) is 17.5 Å². The maximum Gasteiger partial charge on any atom is 0.258 e. The van der Waals surface area contributed by atoms with Gasteiger partial charge in [0.15, 0.2) is 5.82 Å². The van der Waals surface area contributed by atoms with Crippen molar-refractivity contribution in [3.05, 3.63) is 57.8 Å². The number of rotatable bonds is 2. The van der Waals surface area contributed by atoms with Gasteiger partial charge >= 0.3 is 0 Å². The van der Waals surface area contributed by atoms with Gasteiger partial charge in [0.2, 0.25) is 0 Å². The van der Waals surface area contributed by atoms with Gasteiger partial charge in [-0.25, -0.2) is 13.2 Å². The molecule has 0 bridgehead atoms. The van der Waals surface area contributed by atoms with Crippen LogP contribution in [0.1, 0.15) is 10.4 Å². The summed E-state index contributed by atoms with van der Waals surface area (Å²) >= 11 is 2.95. The van der Waals surface area contributed by atoms with Crippen LogP contribution in [0.15, 0.2) is 34.8 Å². The number of nitrogens with two attached hydrogens (primary N) is 1. The molecule has 0 atom stereocenters. The molecule has 2 rings (SSSR count). The molecule has 0 saturated carbocycles. The lowest BCUT2D eigenvalue weighted by atomic mass is 10.1. The molecular weight excluding hydrogens is 337 g/mol. The zero-order valence-electron chi connectivity index (χ0n) is 9.88. The molecule has 3 N–H and O–H groups in total. The molecule has 20 heavy (non-hydrogen) atoms. The summed E-state index contributed by atoms with van der Waals surface area (Å²) in [6.45, 7) is 0. The number of nitrogens with one attached hydrogen (secondary N) is 1. The monoisotopic (exact) mass is 344 g/mol. The van der Waals surface area contributed by atoms with Crippen LogP contribution in [0.25, 0.3) is 0 Å². The topological polar surface area (TPSA) is 55.1 Å². The van der Waals surface area contributed by atoms with Crippen molar-refractivity contribution in [2.45, 2.75) is 0 Å². The van der Waals surface area contributed by atoms with Gasteiger partial charge in [0.1, 0.15) is 11.6 Å². The molecule has 0 heterocycles. The molecule has 1 amide bonds. The minimum Gasteiger partial charge on any atom is -0.396 e. The molecule has 0 aliphatic carbocycles. The molecule has 104 valence electrons. The third-order valence-electron chi connectivity index (χ3n) is 2.49. The van der Waals surface area contributed by atoms with Crippen molar-refractivity contribution in [1.29, 1.82) is 0 Å². The molecule has 0 unspecified atom stereocenters. The van der Waals surface area contributed by atoms with Crippen LogP contribution >= 0.6 is 15.9 Å². The number of carbonyl (C=O) groups is 1. The number of halogens is 4. The molecule has 0 aliphatic rings. The average Bonchev–Trinajstić information content (AvgIpc) is 2.38. The molecular formula is C13H8BrF3N2O. The lowest BCUT2D eigenvalue weighted by Crippen LogP contribution is -2.15. The standard InChI is InChI=1S/C13H8BrF3N2O/c14-9-5-7(1-2-10(9)16)19-13(20)8-3-6(15)4-11(18)12(8)17/h1-5H,18H2,(H,19,20). The van der Waals surface area contributed by atoms with Gasteiger partial charge < -0.3 is 11.1 Å². The first kappa shape index (κ1) is 14.4. The summed E-state index contributed by atoms with van der Waals surface area (Å²) in [5.74, 6) is -3.23. The Hall–Kier alpha value is -2.02. The average molecular weight is 345 g/mol. The normalized spacial score (nSPS) is 10.4. The summed E-state index contributed by atoms with van der Waals surface area (Å²) in [7, 11) is 0. The van der Waals surface area contributed by atoms with Crippen molar-refractivity contribution in [3.8, 4) is 0 Å². The summed E-state index contributed by atoms with van der Waals surface area (Å²) in [5.41, 5.74) is 4.48. The highest BCUT2D eigenvalue weighted by Gasteiger charge is 2.16. The van der Waals surface area contributed by atoms with E-state index < -0.39 is 34.6 Å². The third kappa shape index (κ3) is 2.93. The van der Waals surface area contributed by atoms with Crippen molar-refractivity contribution < 1.29 is 18.0 Å². The van der Waals surface area contributed by atoms with E-state index in [1.165, 1.54) is 12.1 Å². The van der Waals surface area contributed by atoms with Crippen LogP contribution < -0.4 is 11.1 Å². The Labute approximate surface area is 120 Å². The molecule has 0 spiro atoms. The van der Waals surface area contributed by atoms with Crippen LogP contribution in [0.4, 0.5) is 24.5 Å². The maximum absolute atomic E-state index is 13.7. The van der Waals surface area contributed by atoms with Crippen LogP contribution in [0.2, 0.25) is 0 Å². The van der Waals surface area contributed by atoms with Gasteiger partial charge in [0.05, 0.1) is 15.7 Å². The number of hydrogen-bond donors (Lipinski definition) is 2. The molecule has 2 aromatic carbocycles. The highest BCUT2D eigenvalue weighted by Crippen LogP contribution is 2.22. The lowest BCUT2D eigenvalue weighted by molar-refractivity contribution is 0.102. The van der Waals surface area contributed by atoms with Gasteiger partial charge in [-0.3, -0.25) is 4.79 Å². The Morgan fingerprint density at radius 2 is 1.85 bits per heavy atom. The van der Waals surface area contributed by atoms with Crippen LogP contribution in [-0.2, 0) is 0 Å². The molecule has 0 fully saturated rings. The van der Waals surface area contributed by atoms with Crippen LogP contribution in [-0.4, -0.2) is 5.91 Å². The highest BCUT2D eigenvalue weighted by molar-refractivity contribution is 9.10. The van der Waals surface area contributed by atoms with E-state index in [1.54, 1.807) is 0 Å². The molecule has 0 aliphatic heterocycles. The lowest BCUT2D eigenvalue weighted by Gasteiger charge is -2.08. The zero-order valence-corrected chi connectivity index (χ0v) is 11.5. The number of benzene rings is 2. The van der Waals surface area contributed by atoms with Gasteiger partial charge in [0.25, 0.3) is 5.91 Å². The number of amides is 1. The predicted octanol–water partition coefficient (Wildman–Crippen LogP) is 3.70. The van der Waals surface area contributed by atoms with Gasteiger partial charge in [-0.1, -0.05) is 0 Å². The zero-order chi connectivity index (χ0) is 14.9. The fourth-order valence-corrected chi connectivity index (χ4v) is 1.93. The second kappa shape index (κ2) is 5.54. The summed E-state index contributed by atoms with van der Waals surface area (Å²) in [6, 6.07) is 5.22. The SMILES string of the molecule is Nc1cc(F)cc(C(=O)Nc2ccc(F)c(Br)c2)c1F. The van der Waals surface area contributed by atoms with E-state index in [2.05, 4.69) is 21.2 Å². The number of carbonyl (C=O) groups excluding carboxylic acids is 1. The molecule has 0 aromatic heterocycles. The third-order valence-corrected chi connectivity index (χ3v) is 3.10. The van der Waals surface area contributed by atoms with Crippen molar-refractivity contribution in [3.63, 3.8) is 0 Å². The Kier molecular flexibility index (Phi) is 3.99. The highest BCUT2D eigenvalue weighted by atomic mass is 79.9. The molecule has 0 radical (unpaired) electrons. The number of anilines is 2. The molecule has 0 saturated heterocycles. The van der Waals surface area contributed by atoms with E-state index >= 15 is 0 Å². The smallest absolute Gasteiger partial charge is 0.258 e. The second-order valence-corrected chi connectivity index (χ2v) is 4.79. The number of hydrogen-bond acceptors (Lipinski definition) is 2. The fraction of sp³-hybridized carbons (Fsp3) is 0. The van der Waals surface area contributed by atoms with E-state index in [0.717, 1.165) is 18.2 Å². The largest absolute Gasteiger partial charge is 0.396 e. The fourth-order valence-electron chi connectivity index (χ4n) is 1.55. The maximum atomic E-state index is 13.7. The summed E-state index contributed by atoms with van der Waals surface area (Å²) < 4.78 is 40.0. The second-order valence-electron chi connectivity index (χ2n) is 3.94. The van der Waals surface area contributed by atoms with Crippen LogP contribution in [0.5, 0.6) is 0 Å². The van der Waals surface area contributed by atoms with E-state index in [1.807, 2.05) is 0 Å². The Balaban J connectivity index is 2.30. The van der Waals surface area contributed by atoms with E-state index in [0.29, 0.717) is 0 Å². The van der Waals surface area contributed by atoms with E-state index in [9.17, 15) is 18.0 Å². The predicted molar refractivity (Wildman–Crippen MR) is 72.8 cm³/mol. The number of nitrogen functional groups attached to an aromatic ring is 1. The quantitative estimate of drug-likeness (QED) is 0.816. The summed E-state index contributed by atoms with van der Waals surface area (Å²) in [6.07, 6.45) is 0.